The summed E-state index contributed by atoms with van der Waals surface area (Å²) in [5.41, 5.74) is 1.34. The molecule has 2 aliphatic heterocycles. The van der Waals surface area contributed by atoms with Crippen molar-refractivity contribution in [2.45, 2.75) is 0 Å². The van der Waals surface area contributed by atoms with Gasteiger partial charge in [0.2, 0.25) is 0 Å². The van der Waals surface area contributed by atoms with Crippen molar-refractivity contribution in [2.75, 3.05) is 12.3 Å². The number of carbonyl (C=O) groups excluding carboxylic acids is 2. The van der Waals surface area contributed by atoms with Gasteiger partial charge in [0.25, 0.3) is 10.0 Å². The lowest BCUT2D eigenvalue weighted by atomic mass is 10.0. The molecule has 2 aromatic rings. The highest BCUT2D eigenvalue weighted by Crippen LogP contribution is 2.20. The fraction of sp³-hybridized carbons (Fsp3) is 0.0952. The maximum Gasteiger partial charge on any atom is 0.345 e. The Bertz CT molecular complexity index is 1160. The molecule has 0 aliphatic carbocycles. The minimum absolute atomic E-state index is 0.111. The zero-order chi connectivity index (χ0) is 20.4. The van der Waals surface area contributed by atoms with Crippen molar-refractivity contribution in [3.63, 3.8) is 0 Å². The van der Waals surface area contributed by atoms with Gasteiger partial charge in [-0.2, -0.15) is 0 Å². The topological polar surface area (TPSA) is 93.1 Å². The summed E-state index contributed by atoms with van der Waals surface area (Å²) in [7, 11) is -3.45. The molecule has 0 fully saturated rings. The molecule has 2 aromatic carbocycles. The summed E-state index contributed by atoms with van der Waals surface area (Å²) in [5, 5.41) is 0. The predicted molar refractivity (Wildman–Crippen MR) is 107 cm³/mol. The van der Waals surface area contributed by atoms with Gasteiger partial charge >= 0.3 is 5.97 Å². The number of sulfonamides is 1. The molecule has 0 saturated carbocycles. The van der Waals surface area contributed by atoms with Crippen molar-refractivity contribution in [3.8, 4) is 5.75 Å². The molecule has 0 saturated heterocycles. The zero-order valence-electron chi connectivity index (χ0n) is 15.2. The highest BCUT2D eigenvalue weighted by Gasteiger charge is 2.25. The molecule has 0 radical (unpaired) electrons. The fourth-order valence-electron chi connectivity index (χ4n) is 2.92. The van der Waals surface area contributed by atoms with E-state index >= 15 is 0 Å². The average molecular weight is 408 g/mol. The summed E-state index contributed by atoms with van der Waals surface area (Å²) in [4.78, 5) is 26.4. The summed E-state index contributed by atoms with van der Waals surface area (Å²) >= 11 is 0. The van der Waals surface area contributed by atoms with Gasteiger partial charge in [0.15, 0.2) is 5.78 Å². The Kier molecular flexibility index (Phi) is 4.85. The fourth-order valence-corrected chi connectivity index (χ4v) is 3.89. The first-order chi connectivity index (χ1) is 13.9. The minimum atomic E-state index is -3.45. The standard InChI is InChI=1S/C21H16N2O5S/c24-20(15-4-2-1-3-5-15)16-6-9-18(10-7-16)28-21(25)17-8-11-19-22-29(26,27)13-12-23(19)14-17/h1-11,14H,12-13H2. The van der Waals surface area contributed by atoms with Crippen molar-refractivity contribution < 1.29 is 22.7 Å². The van der Waals surface area contributed by atoms with Crippen LogP contribution >= 0.6 is 0 Å². The molecule has 0 bridgehead atoms. The van der Waals surface area contributed by atoms with E-state index in [1.807, 2.05) is 6.07 Å². The second-order valence-electron chi connectivity index (χ2n) is 6.46. The maximum atomic E-state index is 12.4. The first-order valence-corrected chi connectivity index (χ1v) is 10.4. The van der Waals surface area contributed by atoms with Crippen molar-refractivity contribution in [3.05, 3.63) is 89.6 Å². The molecule has 0 aromatic heterocycles. The third kappa shape index (κ3) is 4.17. The molecular formula is C21H16N2O5S. The monoisotopic (exact) mass is 408 g/mol. The van der Waals surface area contributed by atoms with Gasteiger partial charge in [0, 0.05) is 23.9 Å². The third-order valence-electron chi connectivity index (χ3n) is 4.42. The summed E-state index contributed by atoms with van der Waals surface area (Å²) < 4.78 is 32.1. The third-order valence-corrected chi connectivity index (χ3v) is 5.59. The van der Waals surface area contributed by atoms with E-state index in [0.29, 0.717) is 16.9 Å². The van der Waals surface area contributed by atoms with Crippen LogP contribution in [0.3, 0.4) is 0 Å². The number of ketones is 1. The summed E-state index contributed by atoms with van der Waals surface area (Å²) in [5.74, 6) is -0.240. The van der Waals surface area contributed by atoms with E-state index in [2.05, 4.69) is 4.40 Å². The van der Waals surface area contributed by atoms with Crippen LogP contribution in [0.5, 0.6) is 5.75 Å². The van der Waals surface area contributed by atoms with Gasteiger partial charge < -0.3 is 9.64 Å². The smallest absolute Gasteiger partial charge is 0.345 e. The van der Waals surface area contributed by atoms with Crippen LogP contribution in [-0.2, 0) is 14.8 Å². The van der Waals surface area contributed by atoms with Gasteiger partial charge in [0.05, 0.1) is 11.3 Å². The van der Waals surface area contributed by atoms with Crippen LogP contribution in [-0.4, -0.2) is 43.2 Å². The molecule has 4 rings (SSSR count). The van der Waals surface area contributed by atoms with E-state index in [9.17, 15) is 18.0 Å². The van der Waals surface area contributed by atoms with Gasteiger partial charge in [-0.25, -0.2) is 13.2 Å². The van der Waals surface area contributed by atoms with Crippen molar-refractivity contribution in [1.82, 2.24) is 4.90 Å². The number of benzene rings is 2. The van der Waals surface area contributed by atoms with Crippen LogP contribution in [0.25, 0.3) is 0 Å². The van der Waals surface area contributed by atoms with Gasteiger partial charge in [0.1, 0.15) is 11.6 Å². The largest absolute Gasteiger partial charge is 0.423 e. The van der Waals surface area contributed by atoms with Gasteiger partial charge in [-0.15, -0.1) is 4.40 Å². The molecule has 29 heavy (non-hydrogen) atoms. The number of fused-ring (bicyclic) bond motifs is 1. The molecular weight excluding hydrogens is 392 g/mol. The van der Waals surface area contributed by atoms with Crippen molar-refractivity contribution >= 4 is 27.6 Å². The zero-order valence-corrected chi connectivity index (χ0v) is 16.0. The lowest BCUT2D eigenvalue weighted by Crippen LogP contribution is -2.37. The molecule has 8 heteroatoms. The average Bonchev–Trinajstić information content (AvgIpc) is 2.73. The van der Waals surface area contributed by atoms with E-state index in [4.69, 9.17) is 4.74 Å². The first-order valence-electron chi connectivity index (χ1n) is 8.82. The minimum Gasteiger partial charge on any atom is -0.423 e. The Balaban J connectivity index is 1.45. The van der Waals surface area contributed by atoms with Crippen molar-refractivity contribution in [2.24, 2.45) is 4.40 Å². The summed E-state index contributed by atoms with van der Waals surface area (Å²) in [6.07, 6.45) is 4.45. The molecule has 2 heterocycles. The highest BCUT2D eigenvalue weighted by atomic mass is 32.2. The molecule has 0 unspecified atom stereocenters. The molecule has 0 spiro atoms. The number of hydrogen-bond acceptors (Lipinski definition) is 6. The number of nitrogens with zero attached hydrogens (tertiary/aromatic N) is 2. The Labute approximate surface area is 167 Å². The number of rotatable bonds is 4. The van der Waals surface area contributed by atoms with E-state index in [1.165, 1.54) is 18.4 Å². The van der Waals surface area contributed by atoms with E-state index in [0.717, 1.165) is 0 Å². The second-order valence-corrected chi connectivity index (χ2v) is 8.21. The van der Waals surface area contributed by atoms with E-state index < -0.39 is 16.0 Å². The van der Waals surface area contributed by atoms with Crippen LogP contribution in [0.2, 0.25) is 0 Å². The van der Waals surface area contributed by atoms with E-state index in [1.54, 1.807) is 53.4 Å². The summed E-state index contributed by atoms with van der Waals surface area (Å²) in [6.45, 7) is 0.221. The Morgan fingerprint density at radius 2 is 1.62 bits per heavy atom. The highest BCUT2D eigenvalue weighted by molar-refractivity contribution is 7.90. The molecule has 146 valence electrons. The first kappa shape index (κ1) is 18.8. The molecule has 0 atom stereocenters. The number of amidine groups is 1. The Morgan fingerprint density at radius 1 is 0.931 bits per heavy atom. The molecule has 7 nitrogen and oxygen atoms in total. The normalized spacial score (nSPS) is 17.0. The predicted octanol–water partition coefficient (Wildman–Crippen LogP) is 2.32. The van der Waals surface area contributed by atoms with Crippen LogP contribution in [0.4, 0.5) is 0 Å². The van der Waals surface area contributed by atoms with Gasteiger partial charge in [-0.3, -0.25) is 4.79 Å². The van der Waals surface area contributed by atoms with Crippen LogP contribution < -0.4 is 4.74 Å². The van der Waals surface area contributed by atoms with Crippen LogP contribution in [0, 0.1) is 0 Å². The van der Waals surface area contributed by atoms with Crippen LogP contribution in [0.1, 0.15) is 15.9 Å². The van der Waals surface area contributed by atoms with Crippen molar-refractivity contribution in [1.29, 1.82) is 0 Å². The number of esters is 1. The quantitative estimate of drug-likeness (QED) is 0.438. The molecule has 0 N–H and O–H groups in total. The van der Waals surface area contributed by atoms with Gasteiger partial charge in [-0.1, -0.05) is 30.3 Å². The lowest BCUT2D eigenvalue weighted by molar-refractivity contribution is -0.129. The number of ether oxygens (including phenoxy) is 1. The second kappa shape index (κ2) is 7.48. The molecule has 0 amide bonds. The Hall–Kier alpha value is -3.52. The Morgan fingerprint density at radius 3 is 2.34 bits per heavy atom. The lowest BCUT2D eigenvalue weighted by Gasteiger charge is -2.26. The molecule has 2 aliphatic rings. The van der Waals surface area contributed by atoms with E-state index in [-0.39, 0.29) is 29.5 Å². The maximum absolute atomic E-state index is 12.4. The van der Waals surface area contributed by atoms with Gasteiger partial charge in [-0.05, 0) is 36.4 Å². The van der Waals surface area contributed by atoms with Crippen LogP contribution in [0.15, 0.2) is 82.9 Å². The SMILES string of the molecule is O=C(Oc1ccc(C(=O)c2ccccc2)cc1)C1=CN2CCS(=O)(=O)N=C2C=C1. The summed E-state index contributed by atoms with van der Waals surface area (Å²) in [6, 6.07) is 15.2. The number of carbonyl (C=O) groups is 2. The number of hydrogen-bond donors (Lipinski definition) is 0.